The van der Waals surface area contributed by atoms with E-state index < -0.39 is 0 Å². The van der Waals surface area contributed by atoms with Crippen LogP contribution < -0.4 is 5.32 Å². The summed E-state index contributed by atoms with van der Waals surface area (Å²) < 4.78 is 5.39. The van der Waals surface area contributed by atoms with Crippen LogP contribution >= 0.6 is 0 Å². The topological polar surface area (TPSA) is 74.4 Å². The lowest BCUT2D eigenvalue weighted by Crippen LogP contribution is -2.35. The number of H-pyrrole nitrogens is 1. The number of ether oxygens (including phenoxy) is 1. The number of benzene rings is 1. The average molecular weight is 367 g/mol. The van der Waals surface area contributed by atoms with Gasteiger partial charge in [0.1, 0.15) is 5.69 Å². The Morgan fingerprint density at radius 3 is 2.85 bits per heavy atom. The van der Waals surface area contributed by atoms with Crippen LogP contribution in [0.15, 0.2) is 24.3 Å². The Morgan fingerprint density at radius 1 is 1.26 bits per heavy atom. The fraction of sp³-hybridized carbons (Fsp3) is 0.429. The Kier molecular flexibility index (Phi) is 5.09. The molecule has 1 aliphatic heterocycles. The largest absolute Gasteiger partial charge is 0.379 e. The van der Waals surface area contributed by atoms with Crippen LogP contribution in [0.5, 0.6) is 0 Å². The molecule has 27 heavy (non-hydrogen) atoms. The number of nitrogens with zero attached hydrogens (tertiary/aromatic N) is 1. The Morgan fingerprint density at radius 2 is 2.07 bits per heavy atom. The van der Waals surface area contributed by atoms with Crippen molar-refractivity contribution in [2.75, 3.05) is 31.6 Å². The monoisotopic (exact) mass is 367 g/mol. The molecule has 1 aromatic heterocycles. The van der Waals surface area contributed by atoms with E-state index in [1.807, 2.05) is 25.1 Å². The van der Waals surface area contributed by atoms with Gasteiger partial charge in [0, 0.05) is 43.0 Å². The number of aryl methyl sites for hydroxylation is 1. The zero-order valence-corrected chi connectivity index (χ0v) is 15.6. The van der Waals surface area contributed by atoms with Crippen molar-refractivity contribution < 1.29 is 14.3 Å². The first-order valence-corrected chi connectivity index (χ1v) is 9.57. The number of anilines is 1. The van der Waals surface area contributed by atoms with E-state index in [0.717, 1.165) is 68.2 Å². The standard InChI is InChI=1S/C21H25N3O3/c1-14-19-17(6-3-7-18(19)25)23-20(14)21(26)22-16-5-2-4-15(12-16)13-24-8-10-27-11-9-24/h2,4-5,12,23H,3,6-11,13H2,1H3,(H,22,26). The second-order valence-corrected chi connectivity index (χ2v) is 7.30. The fourth-order valence-corrected chi connectivity index (χ4v) is 3.96. The van der Waals surface area contributed by atoms with Gasteiger partial charge in [-0.25, -0.2) is 0 Å². The summed E-state index contributed by atoms with van der Waals surface area (Å²) in [4.78, 5) is 30.5. The molecular weight excluding hydrogens is 342 g/mol. The molecule has 2 heterocycles. The van der Waals surface area contributed by atoms with Crippen molar-refractivity contribution >= 4 is 17.4 Å². The second-order valence-electron chi connectivity index (χ2n) is 7.30. The molecule has 6 nitrogen and oxygen atoms in total. The minimum absolute atomic E-state index is 0.136. The van der Waals surface area contributed by atoms with Gasteiger partial charge in [-0.1, -0.05) is 12.1 Å². The lowest BCUT2D eigenvalue weighted by atomic mass is 9.94. The summed E-state index contributed by atoms with van der Waals surface area (Å²) >= 11 is 0. The van der Waals surface area contributed by atoms with Gasteiger partial charge in [-0.2, -0.15) is 0 Å². The van der Waals surface area contributed by atoms with Crippen molar-refractivity contribution in [3.05, 3.63) is 52.3 Å². The predicted molar refractivity (Wildman–Crippen MR) is 103 cm³/mol. The zero-order chi connectivity index (χ0) is 18.8. The highest BCUT2D eigenvalue weighted by molar-refractivity contribution is 6.08. The molecule has 0 spiro atoms. The zero-order valence-electron chi connectivity index (χ0n) is 15.6. The van der Waals surface area contributed by atoms with E-state index in [9.17, 15) is 9.59 Å². The maximum atomic E-state index is 12.8. The highest BCUT2D eigenvalue weighted by atomic mass is 16.5. The summed E-state index contributed by atoms with van der Waals surface area (Å²) in [5.41, 5.74) is 4.80. The van der Waals surface area contributed by atoms with Crippen molar-refractivity contribution in [1.29, 1.82) is 0 Å². The van der Waals surface area contributed by atoms with Crippen molar-refractivity contribution in [1.82, 2.24) is 9.88 Å². The van der Waals surface area contributed by atoms with E-state index in [2.05, 4.69) is 21.3 Å². The lowest BCUT2D eigenvalue weighted by molar-refractivity contribution is 0.0342. The summed E-state index contributed by atoms with van der Waals surface area (Å²) in [6.07, 6.45) is 2.23. The van der Waals surface area contributed by atoms with Gasteiger partial charge in [0.25, 0.3) is 5.91 Å². The minimum Gasteiger partial charge on any atom is -0.379 e. The van der Waals surface area contributed by atoms with Gasteiger partial charge in [0.15, 0.2) is 5.78 Å². The third-order valence-corrected chi connectivity index (χ3v) is 5.36. The molecule has 1 amide bonds. The molecule has 0 bridgehead atoms. The van der Waals surface area contributed by atoms with Gasteiger partial charge in [-0.15, -0.1) is 0 Å². The molecular formula is C21H25N3O3. The third-order valence-electron chi connectivity index (χ3n) is 5.36. The van der Waals surface area contributed by atoms with Crippen LogP contribution in [0.4, 0.5) is 5.69 Å². The summed E-state index contributed by atoms with van der Waals surface area (Å²) in [5, 5.41) is 2.98. The van der Waals surface area contributed by atoms with Crippen molar-refractivity contribution in [3.63, 3.8) is 0 Å². The summed E-state index contributed by atoms with van der Waals surface area (Å²) in [5.74, 6) is -0.0604. The molecule has 1 saturated heterocycles. The van der Waals surface area contributed by atoms with Gasteiger partial charge < -0.3 is 15.0 Å². The Bertz CT molecular complexity index is 866. The smallest absolute Gasteiger partial charge is 0.272 e. The second kappa shape index (κ2) is 7.66. The SMILES string of the molecule is Cc1c(C(=O)Nc2cccc(CN3CCOCC3)c2)[nH]c2c1C(=O)CCC2. The molecule has 0 radical (unpaired) electrons. The number of morpholine rings is 1. The average Bonchev–Trinajstić information content (AvgIpc) is 3.01. The number of aromatic nitrogens is 1. The van der Waals surface area contributed by atoms with Crippen LogP contribution in [0, 0.1) is 6.92 Å². The number of ketones is 1. The minimum atomic E-state index is -0.196. The molecule has 0 unspecified atom stereocenters. The van der Waals surface area contributed by atoms with Crippen molar-refractivity contribution in [3.8, 4) is 0 Å². The number of nitrogens with one attached hydrogen (secondary N) is 2. The number of carbonyl (C=O) groups is 2. The van der Waals surface area contributed by atoms with Gasteiger partial charge >= 0.3 is 0 Å². The molecule has 2 N–H and O–H groups in total. The highest BCUT2D eigenvalue weighted by Crippen LogP contribution is 2.27. The van der Waals surface area contributed by atoms with Crippen LogP contribution in [0.3, 0.4) is 0 Å². The van der Waals surface area contributed by atoms with E-state index in [1.165, 1.54) is 0 Å². The van der Waals surface area contributed by atoms with Crippen LogP contribution in [0.25, 0.3) is 0 Å². The molecule has 4 rings (SSSR count). The quantitative estimate of drug-likeness (QED) is 0.871. The molecule has 0 atom stereocenters. The number of Topliss-reactive ketones (excluding diaryl/α,β-unsaturated/α-hetero) is 1. The number of amides is 1. The van der Waals surface area contributed by atoms with Crippen LogP contribution in [-0.2, 0) is 17.7 Å². The normalized spacial score (nSPS) is 17.6. The Hall–Kier alpha value is -2.44. The van der Waals surface area contributed by atoms with Gasteiger partial charge in [-0.3, -0.25) is 14.5 Å². The first-order valence-electron chi connectivity index (χ1n) is 9.57. The van der Waals surface area contributed by atoms with Crippen molar-refractivity contribution in [2.24, 2.45) is 0 Å². The number of carbonyl (C=O) groups excluding carboxylic acids is 2. The Balaban J connectivity index is 1.48. The molecule has 2 aliphatic rings. The number of fused-ring (bicyclic) bond motifs is 1. The van der Waals surface area contributed by atoms with Crippen LogP contribution in [-0.4, -0.2) is 47.9 Å². The first-order chi connectivity index (χ1) is 13.1. The molecule has 2 aromatic rings. The Labute approximate surface area is 158 Å². The molecule has 1 fully saturated rings. The molecule has 142 valence electrons. The van der Waals surface area contributed by atoms with E-state index >= 15 is 0 Å². The third kappa shape index (κ3) is 3.82. The molecule has 6 heteroatoms. The van der Waals surface area contributed by atoms with E-state index in [4.69, 9.17) is 4.74 Å². The van der Waals surface area contributed by atoms with Crippen molar-refractivity contribution in [2.45, 2.75) is 32.7 Å². The van der Waals surface area contributed by atoms with E-state index in [1.54, 1.807) is 0 Å². The number of hydrogen-bond acceptors (Lipinski definition) is 4. The van der Waals surface area contributed by atoms with Gasteiger partial charge in [-0.05, 0) is 43.0 Å². The molecule has 1 aromatic carbocycles. The highest BCUT2D eigenvalue weighted by Gasteiger charge is 2.26. The van der Waals surface area contributed by atoms with E-state index in [-0.39, 0.29) is 11.7 Å². The maximum Gasteiger partial charge on any atom is 0.272 e. The molecule has 1 aliphatic carbocycles. The van der Waals surface area contributed by atoms with Crippen LogP contribution in [0.2, 0.25) is 0 Å². The first kappa shape index (κ1) is 17.9. The summed E-state index contributed by atoms with van der Waals surface area (Å²) in [6.45, 7) is 6.09. The molecule has 0 saturated carbocycles. The van der Waals surface area contributed by atoms with Gasteiger partial charge in [0.05, 0.1) is 13.2 Å². The fourth-order valence-electron chi connectivity index (χ4n) is 3.96. The van der Waals surface area contributed by atoms with Gasteiger partial charge in [0.2, 0.25) is 0 Å². The van der Waals surface area contributed by atoms with Crippen LogP contribution in [0.1, 0.15) is 50.5 Å². The number of aromatic amines is 1. The number of hydrogen-bond donors (Lipinski definition) is 2. The summed E-state index contributed by atoms with van der Waals surface area (Å²) in [6, 6.07) is 7.94. The summed E-state index contributed by atoms with van der Waals surface area (Å²) in [7, 11) is 0. The maximum absolute atomic E-state index is 12.8. The predicted octanol–water partition coefficient (Wildman–Crippen LogP) is 2.93. The lowest BCUT2D eigenvalue weighted by Gasteiger charge is -2.26. The van der Waals surface area contributed by atoms with E-state index in [0.29, 0.717) is 17.7 Å². The number of rotatable bonds is 4.